The van der Waals surface area contributed by atoms with Crippen molar-refractivity contribution in [2.24, 2.45) is 29.4 Å². The number of fused-ring (bicyclic) bond motifs is 3. The third-order valence-corrected chi connectivity index (χ3v) is 7.39. The highest BCUT2D eigenvalue weighted by molar-refractivity contribution is 6.32. The van der Waals surface area contributed by atoms with Crippen molar-refractivity contribution in [1.82, 2.24) is 4.90 Å². The fourth-order valence-electron chi connectivity index (χ4n) is 5.93. The maximum absolute atomic E-state index is 13.7. The van der Waals surface area contributed by atoms with Gasteiger partial charge in [-0.25, -0.2) is 0 Å². The molecule has 0 saturated heterocycles. The molecule has 176 valence electrons. The number of phenolic OH excluding ortho intramolecular Hbond substituents is 1. The number of amides is 1. The number of phenols is 1. The van der Waals surface area contributed by atoms with Crippen LogP contribution in [0.25, 0.3) is 0 Å². The summed E-state index contributed by atoms with van der Waals surface area (Å²) in [5, 5.41) is 22.2. The van der Waals surface area contributed by atoms with Crippen molar-refractivity contribution < 1.29 is 34.2 Å². The molecule has 10 nitrogen and oxygen atoms in total. The van der Waals surface area contributed by atoms with E-state index in [1.54, 1.807) is 45.2 Å². The Balaban J connectivity index is 1.86. The number of ketones is 4. The first-order valence-corrected chi connectivity index (χ1v) is 10.7. The molecule has 0 heterocycles. The summed E-state index contributed by atoms with van der Waals surface area (Å²) in [6, 6.07) is 2.29. The third-order valence-electron chi connectivity index (χ3n) is 7.39. The molecule has 3 aliphatic rings. The fourth-order valence-corrected chi connectivity index (χ4v) is 5.93. The minimum absolute atomic E-state index is 0.00667. The Morgan fingerprint density at radius 2 is 1.73 bits per heavy atom. The van der Waals surface area contributed by atoms with Crippen molar-refractivity contribution in [3.05, 3.63) is 23.3 Å². The van der Waals surface area contributed by atoms with E-state index in [0.29, 0.717) is 11.3 Å². The lowest BCUT2D eigenvalue weighted by molar-refractivity contribution is -0.181. The highest BCUT2D eigenvalue weighted by Crippen LogP contribution is 2.51. The summed E-state index contributed by atoms with van der Waals surface area (Å²) in [6.45, 7) is 0. The zero-order chi connectivity index (χ0) is 24.6. The number of Topliss-reactive ketones (excluding diaryl/α,β-unsaturated/α-hetero) is 4. The number of primary amides is 1. The molecule has 1 aromatic rings. The first-order valence-electron chi connectivity index (χ1n) is 10.7. The van der Waals surface area contributed by atoms with Crippen molar-refractivity contribution in [2.75, 3.05) is 33.1 Å². The van der Waals surface area contributed by atoms with E-state index in [0.717, 1.165) is 0 Å². The molecule has 3 aliphatic carbocycles. The molecule has 1 aromatic carbocycles. The average Bonchev–Trinajstić information content (AvgIpc) is 2.70. The standard InChI is InChI=1S/C23H27N3O7/c1-25(2)12-6-5-9-7-10-8-11-16(26(3)4)19(29)15(22(24)32)21(31)23(11,33)20(30)14(10)18(28)13(9)17(12)27/h5-6,10-11,14-16,27,33H,7-8H2,1-4H3,(H2,24,32)/t10-,11-,14?,15?,16-,23-/m1/s1. The van der Waals surface area contributed by atoms with E-state index in [1.807, 2.05) is 0 Å². The van der Waals surface area contributed by atoms with Gasteiger partial charge in [-0.05, 0) is 44.5 Å². The van der Waals surface area contributed by atoms with Crippen LogP contribution in [0, 0.1) is 23.7 Å². The number of carbonyl (C=O) groups is 5. The first-order chi connectivity index (χ1) is 15.3. The number of carbonyl (C=O) groups excluding carboxylic acids is 5. The highest BCUT2D eigenvalue weighted by Gasteiger charge is 2.69. The van der Waals surface area contributed by atoms with Crippen LogP contribution in [0.1, 0.15) is 22.3 Å². The Morgan fingerprint density at radius 1 is 1.09 bits per heavy atom. The van der Waals surface area contributed by atoms with E-state index < -0.39 is 64.4 Å². The van der Waals surface area contributed by atoms with Gasteiger partial charge in [-0.2, -0.15) is 0 Å². The summed E-state index contributed by atoms with van der Waals surface area (Å²) < 4.78 is 0. The number of likely N-dealkylation sites (N-methyl/N-ethyl adjacent to an activating group) is 1. The zero-order valence-electron chi connectivity index (χ0n) is 18.9. The number of aliphatic hydroxyl groups is 1. The van der Waals surface area contributed by atoms with Gasteiger partial charge in [-0.1, -0.05) is 6.07 Å². The number of hydrogen-bond donors (Lipinski definition) is 3. The van der Waals surface area contributed by atoms with E-state index in [4.69, 9.17) is 5.73 Å². The van der Waals surface area contributed by atoms with Gasteiger partial charge in [0, 0.05) is 20.0 Å². The van der Waals surface area contributed by atoms with Crippen LogP contribution >= 0.6 is 0 Å². The molecule has 0 spiro atoms. The Bertz CT molecular complexity index is 1110. The lowest BCUT2D eigenvalue weighted by atomic mass is 9.52. The number of rotatable bonds is 3. The van der Waals surface area contributed by atoms with Gasteiger partial charge in [0.2, 0.25) is 5.91 Å². The number of benzene rings is 1. The summed E-state index contributed by atoms with van der Waals surface area (Å²) in [7, 11) is 6.49. The van der Waals surface area contributed by atoms with Crippen molar-refractivity contribution in [3.63, 3.8) is 0 Å². The van der Waals surface area contributed by atoms with Gasteiger partial charge in [-0.15, -0.1) is 0 Å². The van der Waals surface area contributed by atoms with Gasteiger partial charge in [0.25, 0.3) is 0 Å². The van der Waals surface area contributed by atoms with Crippen LogP contribution < -0.4 is 10.6 Å². The summed E-state index contributed by atoms with van der Waals surface area (Å²) >= 11 is 0. The van der Waals surface area contributed by atoms with Gasteiger partial charge in [0.1, 0.15) is 5.75 Å². The Hall–Kier alpha value is -3.11. The van der Waals surface area contributed by atoms with E-state index in [9.17, 15) is 34.2 Å². The SMILES string of the molecule is CN(C)c1ccc2c(c1O)C(=O)C1C(=O)[C@@]3(O)C(=O)C(C(N)=O)C(=O)[C@H](N(C)C)[C@H]3C[C@H]1C2. The zero-order valence-corrected chi connectivity index (χ0v) is 18.9. The minimum Gasteiger partial charge on any atom is -0.505 e. The second-order valence-electron chi connectivity index (χ2n) is 9.65. The molecule has 2 fully saturated rings. The van der Waals surface area contributed by atoms with Gasteiger partial charge in [-0.3, -0.25) is 28.9 Å². The van der Waals surface area contributed by atoms with Crippen molar-refractivity contribution in [2.45, 2.75) is 24.5 Å². The summed E-state index contributed by atoms with van der Waals surface area (Å²) in [5.74, 6) is -10.3. The third kappa shape index (κ3) is 2.97. The van der Waals surface area contributed by atoms with Crippen LogP contribution in [-0.4, -0.2) is 84.0 Å². The predicted octanol–water partition coefficient (Wildman–Crippen LogP) is -1.07. The van der Waals surface area contributed by atoms with Crippen molar-refractivity contribution >= 4 is 34.7 Å². The normalized spacial score (nSPS) is 33.5. The molecule has 6 atom stereocenters. The van der Waals surface area contributed by atoms with Gasteiger partial charge in [0.15, 0.2) is 34.7 Å². The molecule has 2 saturated carbocycles. The lowest BCUT2D eigenvalue weighted by Crippen LogP contribution is -2.74. The largest absolute Gasteiger partial charge is 0.505 e. The minimum atomic E-state index is -2.70. The van der Waals surface area contributed by atoms with Crippen molar-refractivity contribution in [3.8, 4) is 5.75 Å². The quantitative estimate of drug-likeness (QED) is 0.481. The maximum Gasteiger partial charge on any atom is 0.235 e. The molecular weight excluding hydrogens is 430 g/mol. The Labute approximate surface area is 190 Å². The summed E-state index contributed by atoms with van der Waals surface area (Å²) in [6.07, 6.45) is 0.299. The number of hydrogen-bond acceptors (Lipinski definition) is 9. The second-order valence-corrected chi connectivity index (χ2v) is 9.65. The molecule has 0 radical (unpaired) electrons. The molecule has 0 aromatic heterocycles. The molecular formula is C23H27N3O7. The van der Waals surface area contributed by atoms with Crippen LogP contribution in [0.15, 0.2) is 12.1 Å². The highest BCUT2D eigenvalue weighted by atomic mass is 16.3. The monoisotopic (exact) mass is 457 g/mol. The second kappa shape index (κ2) is 7.46. The molecule has 1 amide bonds. The smallest absolute Gasteiger partial charge is 0.235 e. The fraction of sp³-hybridized carbons (Fsp3) is 0.522. The van der Waals surface area contributed by atoms with E-state index in [-0.39, 0.29) is 24.2 Å². The van der Waals surface area contributed by atoms with Gasteiger partial charge >= 0.3 is 0 Å². The molecule has 0 aliphatic heterocycles. The van der Waals surface area contributed by atoms with Crippen LogP contribution in [-0.2, 0) is 25.6 Å². The topological polar surface area (TPSA) is 158 Å². The number of aromatic hydroxyl groups is 1. The predicted molar refractivity (Wildman–Crippen MR) is 116 cm³/mol. The van der Waals surface area contributed by atoms with Crippen LogP contribution in [0.2, 0.25) is 0 Å². The van der Waals surface area contributed by atoms with Crippen molar-refractivity contribution in [1.29, 1.82) is 0 Å². The molecule has 33 heavy (non-hydrogen) atoms. The first kappa shape index (κ1) is 23.1. The number of anilines is 1. The Kier molecular flexibility index (Phi) is 5.21. The van der Waals surface area contributed by atoms with E-state index in [1.165, 1.54) is 4.90 Å². The van der Waals surface area contributed by atoms with Crippen LogP contribution in [0.3, 0.4) is 0 Å². The van der Waals surface area contributed by atoms with Crippen LogP contribution in [0.5, 0.6) is 5.75 Å². The average molecular weight is 457 g/mol. The molecule has 4 N–H and O–H groups in total. The number of nitrogens with zero attached hydrogens (tertiary/aromatic N) is 2. The molecule has 10 heteroatoms. The summed E-state index contributed by atoms with van der Waals surface area (Å²) in [4.78, 5) is 68.4. The number of nitrogens with two attached hydrogens (primary N) is 1. The molecule has 4 rings (SSSR count). The Morgan fingerprint density at radius 3 is 2.27 bits per heavy atom. The van der Waals surface area contributed by atoms with Gasteiger partial charge in [0.05, 0.1) is 23.2 Å². The lowest BCUT2D eigenvalue weighted by Gasteiger charge is -2.52. The van der Waals surface area contributed by atoms with E-state index in [2.05, 4.69) is 0 Å². The molecule has 2 unspecified atom stereocenters. The molecule has 0 bridgehead atoms. The summed E-state index contributed by atoms with van der Waals surface area (Å²) in [5.41, 5.74) is 3.54. The van der Waals surface area contributed by atoms with E-state index >= 15 is 0 Å². The maximum atomic E-state index is 13.7. The van der Waals surface area contributed by atoms with Crippen LogP contribution in [0.4, 0.5) is 5.69 Å². The van der Waals surface area contributed by atoms with Gasteiger partial charge < -0.3 is 20.8 Å².